The zero-order valence-electron chi connectivity index (χ0n) is 10.5. The zero-order chi connectivity index (χ0) is 12.9. The van der Waals surface area contributed by atoms with Gasteiger partial charge < -0.3 is 10.4 Å². The summed E-state index contributed by atoms with van der Waals surface area (Å²) in [5, 5.41) is 14.1. The molecule has 0 aromatic rings. The topological polar surface area (TPSA) is 72.9 Å². The third-order valence-electron chi connectivity index (χ3n) is 2.25. The van der Waals surface area contributed by atoms with Crippen LogP contribution < -0.4 is 5.32 Å². The minimum Gasteiger partial charge on any atom is -0.465 e. The Morgan fingerprint density at radius 1 is 1.31 bits per heavy atom. The van der Waals surface area contributed by atoms with E-state index in [1.807, 2.05) is 20.8 Å². The smallest absolute Gasteiger partial charge is 0.405 e. The Hall–Kier alpha value is -1.30. The van der Waals surface area contributed by atoms with E-state index in [4.69, 9.17) is 5.11 Å². The molecule has 0 heterocycles. The standard InChI is InChI=1S/C10H21N3O3/c1-6-13(12(4)5)9(14)8(7(2)3)11-10(15)16/h7-8,11H,6H2,1-5H3,(H,15,16). The predicted molar refractivity (Wildman–Crippen MR) is 60.9 cm³/mol. The van der Waals surface area contributed by atoms with E-state index in [1.165, 1.54) is 5.01 Å². The summed E-state index contributed by atoms with van der Waals surface area (Å²) in [6.07, 6.45) is -1.18. The van der Waals surface area contributed by atoms with Gasteiger partial charge in [0.2, 0.25) is 0 Å². The molecule has 0 radical (unpaired) electrons. The van der Waals surface area contributed by atoms with Crippen molar-refractivity contribution in [3.05, 3.63) is 0 Å². The molecule has 2 amide bonds. The maximum Gasteiger partial charge on any atom is 0.405 e. The van der Waals surface area contributed by atoms with E-state index in [9.17, 15) is 9.59 Å². The summed E-state index contributed by atoms with van der Waals surface area (Å²) in [4.78, 5) is 22.7. The van der Waals surface area contributed by atoms with Crippen molar-refractivity contribution in [2.45, 2.75) is 26.8 Å². The largest absolute Gasteiger partial charge is 0.465 e. The van der Waals surface area contributed by atoms with Crippen LogP contribution in [0.1, 0.15) is 20.8 Å². The molecule has 6 nitrogen and oxygen atoms in total. The van der Waals surface area contributed by atoms with Crippen LogP contribution in [-0.2, 0) is 4.79 Å². The van der Waals surface area contributed by atoms with Crippen LogP contribution in [-0.4, -0.2) is 53.8 Å². The fourth-order valence-corrected chi connectivity index (χ4v) is 1.44. The van der Waals surface area contributed by atoms with Crippen molar-refractivity contribution >= 4 is 12.0 Å². The SMILES string of the molecule is CCN(C(=O)C(NC(=O)O)C(C)C)N(C)C. The van der Waals surface area contributed by atoms with Crippen molar-refractivity contribution < 1.29 is 14.7 Å². The van der Waals surface area contributed by atoms with E-state index >= 15 is 0 Å². The molecule has 94 valence electrons. The van der Waals surface area contributed by atoms with Gasteiger partial charge in [-0.15, -0.1) is 0 Å². The highest BCUT2D eigenvalue weighted by molar-refractivity contribution is 5.85. The number of hydrogen-bond donors (Lipinski definition) is 2. The van der Waals surface area contributed by atoms with Crippen molar-refractivity contribution in [1.29, 1.82) is 0 Å². The van der Waals surface area contributed by atoms with E-state index < -0.39 is 12.1 Å². The number of nitrogens with zero attached hydrogens (tertiary/aromatic N) is 2. The molecule has 0 aliphatic heterocycles. The Kier molecular flexibility index (Phi) is 5.81. The summed E-state index contributed by atoms with van der Waals surface area (Å²) < 4.78 is 0. The number of carbonyl (C=O) groups is 2. The quantitative estimate of drug-likeness (QED) is 0.680. The summed E-state index contributed by atoms with van der Waals surface area (Å²) in [5.41, 5.74) is 0. The highest BCUT2D eigenvalue weighted by atomic mass is 16.4. The molecule has 0 bridgehead atoms. The number of hydrazine groups is 1. The number of carbonyl (C=O) groups excluding carboxylic acids is 1. The third kappa shape index (κ3) is 4.06. The van der Waals surface area contributed by atoms with Gasteiger partial charge in [0.25, 0.3) is 5.91 Å². The summed E-state index contributed by atoms with van der Waals surface area (Å²) in [7, 11) is 3.50. The lowest BCUT2D eigenvalue weighted by atomic mass is 10.0. The van der Waals surface area contributed by atoms with E-state index in [2.05, 4.69) is 5.32 Å². The molecule has 0 aliphatic rings. The predicted octanol–water partition coefficient (Wildman–Crippen LogP) is 0.604. The lowest BCUT2D eigenvalue weighted by molar-refractivity contribution is -0.147. The fraction of sp³-hybridized carbons (Fsp3) is 0.800. The van der Waals surface area contributed by atoms with Crippen LogP contribution in [0.15, 0.2) is 0 Å². The van der Waals surface area contributed by atoms with Gasteiger partial charge in [-0.2, -0.15) is 0 Å². The van der Waals surface area contributed by atoms with Gasteiger partial charge in [0.05, 0.1) is 0 Å². The van der Waals surface area contributed by atoms with Crippen molar-refractivity contribution in [2.75, 3.05) is 20.6 Å². The molecule has 0 spiro atoms. The Morgan fingerprint density at radius 2 is 1.81 bits per heavy atom. The number of nitrogens with one attached hydrogen (secondary N) is 1. The van der Waals surface area contributed by atoms with Gasteiger partial charge in [0, 0.05) is 20.6 Å². The van der Waals surface area contributed by atoms with Gasteiger partial charge in [-0.3, -0.25) is 9.80 Å². The lowest BCUT2D eigenvalue weighted by Gasteiger charge is -2.32. The number of hydrogen-bond acceptors (Lipinski definition) is 3. The molecule has 0 saturated heterocycles. The molecule has 0 saturated carbocycles. The molecule has 0 rings (SSSR count). The van der Waals surface area contributed by atoms with Gasteiger partial charge in [-0.1, -0.05) is 13.8 Å². The van der Waals surface area contributed by atoms with Crippen molar-refractivity contribution in [3.63, 3.8) is 0 Å². The average Bonchev–Trinajstić information content (AvgIpc) is 2.13. The minimum absolute atomic E-state index is 0.0856. The lowest BCUT2D eigenvalue weighted by Crippen LogP contribution is -2.54. The van der Waals surface area contributed by atoms with Crippen molar-refractivity contribution in [2.24, 2.45) is 5.92 Å². The maximum atomic E-state index is 12.1. The molecule has 0 aromatic carbocycles. The molecular formula is C10H21N3O3. The summed E-state index contributed by atoms with van der Waals surface area (Å²) >= 11 is 0. The first-order valence-corrected chi connectivity index (χ1v) is 5.29. The molecule has 6 heteroatoms. The molecule has 0 aromatic heterocycles. The average molecular weight is 231 g/mol. The third-order valence-corrected chi connectivity index (χ3v) is 2.25. The van der Waals surface area contributed by atoms with E-state index in [0.29, 0.717) is 6.54 Å². The van der Waals surface area contributed by atoms with Crippen LogP contribution in [0.4, 0.5) is 4.79 Å². The molecule has 1 unspecified atom stereocenters. The van der Waals surface area contributed by atoms with E-state index in [-0.39, 0.29) is 11.8 Å². The molecule has 16 heavy (non-hydrogen) atoms. The highest BCUT2D eigenvalue weighted by Gasteiger charge is 2.28. The maximum absolute atomic E-state index is 12.1. The fourth-order valence-electron chi connectivity index (χ4n) is 1.44. The van der Waals surface area contributed by atoms with Crippen molar-refractivity contribution in [3.8, 4) is 0 Å². The monoisotopic (exact) mass is 231 g/mol. The minimum atomic E-state index is -1.18. The highest BCUT2D eigenvalue weighted by Crippen LogP contribution is 2.07. The van der Waals surface area contributed by atoms with Crippen LogP contribution in [0.3, 0.4) is 0 Å². The first-order chi connectivity index (χ1) is 7.31. The second-order valence-corrected chi connectivity index (χ2v) is 4.07. The van der Waals surface area contributed by atoms with Crippen molar-refractivity contribution in [1.82, 2.24) is 15.3 Å². The molecular weight excluding hydrogens is 210 g/mol. The van der Waals surface area contributed by atoms with Gasteiger partial charge in [0.1, 0.15) is 6.04 Å². The second kappa shape index (κ2) is 6.32. The van der Waals surface area contributed by atoms with Crippen LogP contribution in [0, 0.1) is 5.92 Å². The first kappa shape index (κ1) is 14.7. The number of carboxylic acid groups (broad SMARTS) is 1. The summed E-state index contributed by atoms with van der Waals surface area (Å²) in [5.74, 6) is -0.317. The Bertz CT molecular complexity index is 254. The Balaban J connectivity index is 4.78. The molecule has 2 N–H and O–H groups in total. The van der Waals surface area contributed by atoms with Gasteiger partial charge >= 0.3 is 6.09 Å². The zero-order valence-corrected chi connectivity index (χ0v) is 10.5. The van der Waals surface area contributed by atoms with Crippen LogP contribution in [0.2, 0.25) is 0 Å². The first-order valence-electron chi connectivity index (χ1n) is 5.29. The van der Waals surface area contributed by atoms with Gasteiger partial charge in [0.15, 0.2) is 0 Å². The van der Waals surface area contributed by atoms with E-state index in [1.54, 1.807) is 19.1 Å². The second-order valence-electron chi connectivity index (χ2n) is 4.07. The Morgan fingerprint density at radius 3 is 2.06 bits per heavy atom. The van der Waals surface area contributed by atoms with Crippen LogP contribution in [0.5, 0.6) is 0 Å². The molecule has 0 fully saturated rings. The Labute approximate surface area is 96.2 Å². The molecule has 0 aliphatic carbocycles. The van der Waals surface area contributed by atoms with Crippen LogP contribution in [0.25, 0.3) is 0 Å². The van der Waals surface area contributed by atoms with Crippen LogP contribution >= 0.6 is 0 Å². The van der Waals surface area contributed by atoms with Gasteiger partial charge in [-0.05, 0) is 12.8 Å². The normalized spacial score (nSPS) is 12.7. The summed E-state index contributed by atoms with van der Waals surface area (Å²) in [6, 6.07) is -0.708. The van der Waals surface area contributed by atoms with Gasteiger partial charge in [-0.25, -0.2) is 9.80 Å². The number of likely N-dealkylation sites (N-methyl/N-ethyl adjacent to an activating group) is 1. The number of amides is 2. The number of rotatable bonds is 5. The summed E-state index contributed by atoms with van der Waals surface area (Å²) in [6.45, 7) is 5.97. The van der Waals surface area contributed by atoms with E-state index in [0.717, 1.165) is 0 Å². The molecule has 1 atom stereocenters.